The highest BCUT2D eigenvalue weighted by molar-refractivity contribution is 7.15. The van der Waals surface area contributed by atoms with Crippen LogP contribution < -0.4 is 5.32 Å². The SMILES string of the molecule is N#Cc1nnc(NCCc2cn3ccccc3n2)s1. The maximum atomic E-state index is 8.65. The first-order valence-corrected chi connectivity index (χ1v) is 6.57. The fraction of sp³-hybridized carbons (Fsp3) is 0.167. The summed E-state index contributed by atoms with van der Waals surface area (Å²) in [6.45, 7) is 0.712. The van der Waals surface area contributed by atoms with Crippen molar-refractivity contribution in [1.29, 1.82) is 5.26 Å². The third kappa shape index (κ3) is 2.53. The van der Waals surface area contributed by atoms with Crippen molar-refractivity contribution < 1.29 is 0 Å². The van der Waals surface area contributed by atoms with Crippen LogP contribution in [-0.2, 0) is 6.42 Å². The number of nitrogens with one attached hydrogen (secondary N) is 1. The zero-order valence-corrected chi connectivity index (χ0v) is 10.8. The number of imidazole rings is 1. The molecular formula is C12H10N6S. The van der Waals surface area contributed by atoms with Gasteiger partial charge in [-0.15, -0.1) is 10.2 Å². The van der Waals surface area contributed by atoms with E-state index < -0.39 is 0 Å². The van der Waals surface area contributed by atoms with E-state index in [0.29, 0.717) is 16.7 Å². The molecule has 94 valence electrons. The average molecular weight is 270 g/mol. The van der Waals surface area contributed by atoms with Crippen molar-refractivity contribution >= 4 is 22.1 Å². The van der Waals surface area contributed by atoms with E-state index in [0.717, 1.165) is 17.8 Å². The van der Waals surface area contributed by atoms with Crippen LogP contribution in [0.15, 0.2) is 30.6 Å². The van der Waals surface area contributed by atoms with Crippen molar-refractivity contribution in [2.75, 3.05) is 11.9 Å². The largest absolute Gasteiger partial charge is 0.360 e. The third-order valence-corrected chi connectivity index (χ3v) is 3.38. The number of anilines is 1. The molecule has 0 aromatic carbocycles. The van der Waals surface area contributed by atoms with Gasteiger partial charge in [-0.2, -0.15) is 5.26 Å². The number of nitrogens with zero attached hydrogens (tertiary/aromatic N) is 5. The van der Waals surface area contributed by atoms with Gasteiger partial charge in [-0.3, -0.25) is 0 Å². The van der Waals surface area contributed by atoms with Crippen molar-refractivity contribution in [3.05, 3.63) is 41.3 Å². The number of nitriles is 1. The average Bonchev–Trinajstić information content (AvgIpc) is 3.04. The number of rotatable bonds is 4. The second-order valence-corrected chi connectivity index (χ2v) is 4.88. The molecule has 0 aliphatic carbocycles. The van der Waals surface area contributed by atoms with Crippen molar-refractivity contribution in [3.8, 4) is 6.07 Å². The fourth-order valence-electron chi connectivity index (χ4n) is 1.74. The Labute approximate surface area is 113 Å². The zero-order valence-electron chi connectivity index (χ0n) is 9.95. The van der Waals surface area contributed by atoms with Gasteiger partial charge in [0.25, 0.3) is 0 Å². The molecule has 6 nitrogen and oxygen atoms in total. The number of fused-ring (bicyclic) bond motifs is 1. The minimum absolute atomic E-state index is 0.371. The molecule has 0 fully saturated rings. The molecule has 0 aliphatic rings. The van der Waals surface area contributed by atoms with E-state index in [9.17, 15) is 0 Å². The summed E-state index contributed by atoms with van der Waals surface area (Å²) in [4.78, 5) is 4.50. The monoisotopic (exact) mass is 270 g/mol. The summed E-state index contributed by atoms with van der Waals surface area (Å²) in [6, 6.07) is 7.88. The van der Waals surface area contributed by atoms with Crippen molar-refractivity contribution in [2.45, 2.75) is 6.42 Å². The van der Waals surface area contributed by atoms with Gasteiger partial charge in [-0.25, -0.2) is 4.98 Å². The van der Waals surface area contributed by atoms with Gasteiger partial charge in [-0.05, 0) is 12.1 Å². The third-order valence-electron chi connectivity index (χ3n) is 2.59. The van der Waals surface area contributed by atoms with Gasteiger partial charge >= 0.3 is 0 Å². The molecule has 3 aromatic rings. The molecule has 7 heteroatoms. The first kappa shape index (κ1) is 11.6. The van der Waals surface area contributed by atoms with Gasteiger partial charge in [0.2, 0.25) is 10.1 Å². The summed E-state index contributed by atoms with van der Waals surface area (Å²) >= 11 is 1.25. The number of hydrogen-bond acceptors (Lipinski definition) is 6. The normalized spacial score (nSPS) is 10.5. The predicted molar refractivity (Wildman–Crippen MR) is 72.0 cm³/mol. The lowest BCUT2D eigenvalue weighted by molar-refractivity contribution is 0.963. The van der Waals surface area contributed by atoms with E-state index >= 15 is 0 Å². The van der Waals surface area contributed by atoms with Crippen LogP contribution in [0, 0.1) is 11.3 Å². The molecule has 0 bridgehead atoms. The lowest BCUT2D eigenvalue weighted by Gasteiger charge is -1.98. The van der Waals surface area contributed by atoms with Crippen LogP contribution in [0.2, 0.25) is 0 Å². The molecule has 0 aliphatic heterocycles. The van der Waals surface area contributed by atoms with Crippen LogP contribution in [0.25, 0.3) is 5.65 Å². The molecule has 0 radical (unpaired) electrons. The van der Waals surface area contributed by atoms with Crippen LogP contribution in [-0.4, -0.2) is 26.1 Å². The highest BCUT2D eigenvalue weighted by Gasteiger charge is 2.04. The minimum atomic E-state index is 0.371. The maximum Gasteiger partial charge on any atom is 0.219 e. The summed E-state index contributed by atoms with van der Waals surface area (Å²) < 4.78 is 1.99. The standard InChI is InChI=1S/C12H10N6S/c13-7-11-16-17-12(19-11)14-5-4-9-8-18-6-2-1-3-10(18)15-9/h1-3,6,8H,4-5H2,(H,14,17). The molecule has 1 N–H and O–H groups in total. The van der Waals surface area contributed by atoms with E-state index in [1.54, 1.807) is 0 Å². The van der Waals surface area contributed by atoms with Crippen LogP contribution in [0.3, 0.4) is 0 Å². The molecular weight excluding hydrogens is 260 g/mol. The van der Waals surface area contributed by atoms with E-state index in [4.69, 9.17) is 5.26 Å². The highest BCUT2D eigenvalue weighted by atomic mass is 32.1. The number of aromatic nitrogens is 4. The summed E-state index contributed by atoms with van der Waals surface area (Å²) in [7, 11) is 0. The molecule has 0 atom stereocenters. The first-order chi connectivity index (χ1) is 9.35. The Kier molecular flexibility index (Phi) is 3.08. The highest BCUT2D eigenvalue weighted by Crippen LogP contribution is 2.13. The van der Waals surface area contributed by atoms with Gasteiger partial charge in [-0.1, -0.05) is 17.4 Å². The number of pyridine rings is 1. The van der Waals surface area contributed by atoms with Crippen LogP contribution >= 0.6 is 11.3 Å². The Bertz CT molecular complexity index is 705. The van der Waals surface area contributed by atoms with Crippen LogP contribution in [0.1, 0.15) is 10.7 Å². The van der Waals surface area contributed by atoms with E-state index in [1.807, 2.05) is 41.1 Å². The molecule has 0 amide bonds. The predicted octanol–water partition coefficient (Wildman–Crippen LogP) is 1.71. The summed E-state index contributed by atoms with van der Waals surface area (Å²) in [5, 5.41) is 20.4. The molecule has 0 spiro atoms. The summed E-state index contributed by atoms with van der Waals surface area (Å²) in [6.07, 6.45) is 4.78. The molecule has 19 heavy (non-hydrogen) atoms. The van der Waals surface area contributed by atoms with Crippen LogP contribution in [0.4, 0.5) is 5.13 Å². The topological polar surface area (TPSA) is 78.9 Å². The number of hydrogen-bond donors (Lipinski definition) is 1. The smallest absolute Gasteiger partial charge is 0.219 e. The zero-order chi connectivity index (χ0) is 13.1. The molecule has 3 rings (SSSR count). The Hall–Kier alpha value is -2.46. The van der Waals surface area contributed by atoms with Crippen LogP contribution in [0.5, 0.6) is 0 Å². The second-order valence-electron chi connectivity index (χ2n) is 3.90. The second kappa shape index (κ2) is 5.04. The molecule has 3 aromatic heterocycles. The van der Waals surface area contributed by atoms with Gasteiger partial charge in [0.15, 0.2) is 0 Å². The first-order valence-electron chi connectivity index (χ1n) is 5.75. The van der Waals surface area contributed by atoms with E-state index in [1.165, 1.54) is 11.3 Å². The quantitative estimate of drug-likeness (QED) is 0.780. The molecule has 0 unspecified atom stereocenters. The van der Waals surface area contributed by atoms with E-state index in [2.05, 4.69) is 20.5 Å². The van der Waals surface area contributed by atoms with Gasteiger partial charge in [0.05, 0.1) is 5.69 Å². The Balaban J connectivity index is 1.61. The summed E-state index contributed by atoms with van der Waals surface area (Å²) in [5.74, 6) is 0. The lowest BCUT2D eigenvalue weighted by atomic mass is 10.3. The van der Waals surface area contributed by atoms with Crippen molar-refractivity contribution in [1.82, 2.24) is 19.6 Å². The van der Waals surface area contributed by atoms with Gasteiger partial charge < -0.3 is 9.72 Å². The Morgan fingerprint density at radius 2 is 2.32 bits per heavy atom. The molecule has 0 saturated heterocycles. The van der Waals surface area contributed by atoms with Gasteiger partial charge in [0.1, 0.15) is 11.7 Å². The summed E-state index contributed by atoms with van der Waals surface area (Å²) in [5.41, 5.74) is 1.96. The molecule has 0 saturated carbocycles. The van der Waals surface area contributed by atoms with Crippen molar-refractivity contribution in [2.24, 2.45) is 0 Å². The van der Waals surface area contributed by atoms with Crippen molar-refractivity contribution in [3.63, 3.8) is 0 Å². The Morgan fingerprint density at radius 1 is 1.37 bits per heavy atom. The fourth-order valence-corrected chi connectivity index (χ4v) is 2.31. The van der Waals surface area contributed by atoms with E-state index in [-0.39, 0.29) is 0 Å². The maximum absolute atomic E-state index is 8.65. The molecule has 3 heterocycles. The minimum Gasteiger partial charge on any atom is -0.360 e. The Morgan fingerprint density at radius 3 is 3.11 bits per heavy atom. The van der Waals surface area contributed by atoms with Gasteiger partial charge in [0, 0.05) is 25.4 Å². The lowest BCUT2D eigenvalue weighted by Crippen LogP contribution is -2.04.